The first-order chi connectivity index (χ1) is 6.52. The molecule has 0 radical (unpaired) electrons. The van der Waals surface area contributed by atoms with Crippen LogP contribution in [0.1, 0.15) is 19.3 Å². The molecule has 0 aliphatic heterocycles. The molecule has 14 heavy (non-hydrogen) atoms. The van der Waals surface area contributed by atoms with Crippen LogP contribution in [-0.2, 0) is 18.5 Å². The van der Waals surface area contributed by atoms with E-state index in [1.165, 1.54) is 0 Å². The highest BCUT2D eigenvalue weighted by atomic mass is 35.7. The van der Waals surface area contributed by atoms with Gasteiger partial charge in [-0.2, -0.15) is 0 Å². The van der Waals surface area contributed by atoms with Crippen molar-refractivity contribution in [3.63, 3.8) is 0 Å². The van der Waals surface area contributed by atoms with Crippen LogP contribution in [0.5, 0.6) is 0 Å². The number of hydrogen-bond acceptors (Lipinski definition) is 4. The Morgan fingerprint density at radius 2 is 1.93 bits per heavy atom. The molecule has 0 atom stereocenters. The molecule has 0 unspecified atom stereocenters. The predicted molar refractivity (Wildman–Crippen MR) is 54.0 cm³/mol. The first-order valence-corrected chi connectivity index (χ1v) is 6.84. The second kappa shape index (κ2) is 4.79. The monoisotopic (exact) mass is 242 g/mol. The Morgan fingerprint density at radius 1 is 1.29 bits per heavy atom. The third kappa shape index (κ3) is 3.08. The minimum atomic E-state index is -3.42. The fourth-order valence-corrected chi connectivity index (χ4v) is 2.87. The van der Waals surface area contributed by atoms with Crippen molar-refractivity contribution in [2.24, 2.45) is 0 Å². The molecule has 1 aliphatic carbocycles. The van der Waals surface area contributed by atoms with Gasteiger partial charge >= 0.3 is 0 Å². The number of halogens is 1. The maximum atomic E-state index is 11.1. The summed E-state index contributed by atoms with van der Waals surface area (Å²) < 4.78 is 31.5. The zero-order chi connectivity index (χ0) is 10.7. The molecule has 84 valence electrons. The molecule has 0 saturated heterocycles. The SMILES string of the molecule is COCCOCCC1(S(=O)(=O)Cl)CC1. The summed E-state index contributed by atoms with van der Waals surface area (Å²) in [6.07, 6.45) is 1.81. The van der Waals surface area contributed by atoms with Crippen LogP contribution >= 0.6 is 10.7 Å². The second-order valence-electron chi connectivity index (χ2n) is 3.48. The van der Waals surface area contributed by atoms with E-state index in [9.17, 15) is 8.42 Å². The summed E-state index contributed by atoms with van der Waals surface area (Å²) in [4.78, 5) is 0. The highest BCUT2D eigenvalue weighted by molar-refractivity contribution is 8.15. The smallest absolute Gasteiger partial charge is 0.238 e. The number of ether oxygens (including phenoxy) is 2. The van der Waals surface area contributed by atoms with Gasteiger partial charge in [-0.05, 0) is 19.3 Å². The van der Waals surface area contributed by atoms with E-state index in [4.69, 9.17) is 20.2 Å². The molecule has 1 aliphatic rings. The summed E-state index contributed by atoms with van der Waals surface area (Å²) >= 11 is 0. The molecule has 0 aromatic carbocycles. The van der Waals surface area contributed by atoms with Gasteiger partial charge < -0.3 is 9.47 Å². The molecule has 0 aromatic heterocycles. The minimum Gasteiger partial charge on any atom is -0.382 e. The molecule has 1 rings (SSSR count). The van der Waals surface area contributed by atoms with Crippen molar-refractivity contribution < 1.29 is 17.9 Å². The Morgan fingerprint density at radius 3 is 2.36 bits per heavy atom. The van der Waals surface area contributed by atoms with Gasteiger partial charge in [-0.25, -0.2) is 8.42 Å². The maximum absolute atomic E-state index is 11.1. The van der Waals surface area contributed by atoms with Crippen LogP contribution in [0.3, 0.4) is 0 Å². The van der Waals surface area contributed by atoms with Crippen molar-refractivity contribution in [1.82, 2.24) is 0 Å². The average molecular weight is 243 g/mol. The van der Waals surface area contributed by atoms with Gasteiger partial charge in [0, 0.05) is 24.4 Å². The Bertz CT molecular complexity index is 271. The molecule has 6 heteroatoms. The van der Waals surface area contributed by atoms with Crippen LogP contribution in [0, 0.1) is 0 Å². The fraction of sp³-hybridized carbons (Fsp3) is 1.00. The molecular weight excluding hydrogens is 228 g/mol. The van der Waals surface area contributed by atoms with Crippen molar-refractivity contribution in [1.29, 1.82) is 0 Å². The van der Waals surface area contributed by atoms with Gasteiger partial charge in [0.15, 0.2) is 0 Å². The zero-order valence-corrected chi connectivity index (χ0v) is 9.73. The fourth-order valence-electron chi connectivity index (χ4n) is 1.26. The Labute approximate surface area is 88.9 Å². The van der Waals surface area contributed by atoms with E-state index in [1.807, 2.05) is 0 Å². The number of rotatable bonds is 7. The molecular formula is C8H15ClO4S. The summed E-state index contributed by atoms with van der Waals surface area (Å²) in [5, 5.41) is 0. The quantitative estimate of drug-likeness (QED) is 0.496. The molecule has 1 saturated carbocycles. The third-order valence-electron chi connectivity index (χ3n) is 2.46. The molecule has 0 heterocycles. The van der Waals surface area contributed by atoms with Gasteiger partial charge in [-0.15, -0.1) is 0 Å². The van der Waals surface area contributed by atoms with E-state index in [0.29, 0.717) is 39.1 Å². The summed E-state index contributed by atoms with van der Waals surface area (Å²) in [6, 6.07) is 0. The molecule has 0 amide bonds. The highest BCUT2D eigenvalue weighted by Gasteiger charge is 2.53. The molecule has 0 N–H and O–H groups in total. The van der Waals surface area contributed by atoms with Crippen molar-refractivity contribution in [3.8, 4) is 0 Å². The standard InChI is InChI=1S/C8H15ClO4S/c1-12-6-7-13-5-4-8(2-3-8)14(9,10)11/h2-7H2,1H3. The van der Waals surface area contributed by atoms with Gasteiger partial charge in [0.2, 0.25) is 9.05 Å². The van der Waals surface area contributed by atoms with Gasteiger partial charge in [0.1, 0.15) is 0 Å². The van der Waals surface area contributed by atoms with E-state index >= 15 is 0 Å². The van der Waals surface area contributed by atoms with Gasteiger partial charge in [0.25, 0.3) is 0 Å². The summed E-state index contributed by atoms with van der Waals surface area (Å²) in [6.45, 7) is 1.45. The van der Waals surface area contributed by atoms with Crippen LogP contribution in [0.25, 0.3) is 0 Å². The lowest BCUT2D eigenvalue weighted by molar-refractivity contribution is 0.0685. The topological polar surface area (TPSA) is 52.6 Å². The van der Waals surface area contributed by atoms with Crippen LogP contribution in [0.15, 0.2) is 0 Å². The minimum absolute atomic E-state index is 0.426. The lowest BCUT2D eigenvalue weighted by atomic mass is 10.3. The Balaban J connectivity index is 2.19. The van der Waals surface area contributed by atoms with Crippen LogP contribution in [-0.4, -0.2) is 40.1 Å². The number of methoxy groups -OCH3 is 1. The summed E-state index contributed by atoms with van der Waals surface area (Å²) in [7, 11) is 3.49. The van der Waals surface area contributed by atoms with Crippen molar-refractivity contribution >= 4 is 19.7 Å². The van der Waals surface area contributed by atoms with Crippen molar-refractivity contribution in [3.05, 3.63) is 0 Å². The van der Waals surface area contributed by atoms with Crippen molar-refractivity contribution in [2.75, 3.05) is 26.9 Å². The van der Waals surface area contributed by atoms with Crippen LogP contribution in [0.2, 0.25) is 0 Å². The normalized spacial score (nSPS) is 19.6. The van der Waals surface area contributed by atoms with E-state index in [2.05, 4.69) is 0 Å². The second-order valence-corrected chi connectivity index (χ2v) is 6.44. The summed E-state index contributed by atoms with van der Waals surface area (Å²) in [5.41, 5.74) is 0. The molecule has 1 fully saturated rings. The zero-order valence-electron chi connectivity index (χ0n) is 8.16. The molecule has 0 spiro atoms. The van der Waals surface area contributed by atoms with Crippen LogP contribution < -0.4 is 0 Å². The largest absolute Gasteiger partial charge is 0.382 e. The van der Waals surface area contributed by atoms with Gasteiger partial charge in [-0.3, -0.25) is 0 Å². The van der Waals surface area contributed by atoms with E-state index in [0.717, 1.165) is 0 Å². The van der Waals surface area contributed by atoms with E-state index in [1.54, 1.807) is 7.11 Å². The number of hydrogen-bond donors (Lipinski definition) is 0. The predicted octanol–water partition coefficient (Wildman–Crippen LogP) is 1.14. The highest BCUT2D eigenvalue weighted by Crippen LogP contribution is 2.48. The first kappa shape index (κ1) is 12.2. The van der Waals surface area contributed by atoms with Gasteiger partial charge in [-0.1, -0.05) is 0 Å². The average Bonchev–Trinajstić information content (AvgIpc) is 2.84. The third-order valence-corrected chi connectivity index (χ3v) is 5.09. The summed E-state index contributed by atoms with van der Waals surface area (Å²) in [5.74, 6) is 0. The Hall–Kier alpha value is 0.160. The van der Waals surface area contributed by atoms with E-state index in [-0.39, 0.29) is 0 Å². The molecule has 0 bridgehead atoms. The first-order valence-electron chi connectivity index (χ1n) is 4.53. The van der Waals surface area contributed by atoms with Crippen molar-refractivity contribution in [2.45, 2.75) is 24.0 Å². The molecule has 0 aromatic rings. The lowest BCUT2D eigenvalue weighted by Crippen LogP contribution is -2.20. The molecule has 4 nitrogen and oxygen atoms in total. The Kier molecular flexibility index (Phi) is 4.18. The van der Waals surface area contributed by atoms with Gasteiger partial charge in [0.05, 0.1) is 18.0 Å². The lowest BCUT2D eigenvalue weighted by Gasteiger charge is -2.10. The van der Waals surface area contributed by atoms with Crippen LogP contribution in [0.4, 0.5) is 0 Å². The van der Waals surface area contributed by atoms with E-state index < -0.39 is 13.8 Å². The maximum Gasteiger partial charge on any atom is 0.238 e.